The molecule has 0 saturated carbocycles. The van der Waals surface area contributed by atoms with Gasteiger partial charge in [0, 0.05) is 62.6 Å². The van der Waals surface area contributed by atoms with Crippen molar-refractivity contribution in [2.75, 3.05) is 44.2 Å². The third-order valence-corrected chi connectivity index (χ3v) is 6.48. The number of urea groups is 1. The fourth-order valence-corrected chi connectivity index (χ4v) is 4.58. The number of rotatable bonds is 4. The van der Waals surface area contributed by atoms with Gasteiger partial charge in [-0.3, -0.25) is 4.90 Å². The van der Waals surface area contributed by atoms with Crippen LogP contribution in [0.25, 0.3) is 0 Å². The molecular formula is C24H31ClN4O. The molecule has 0 atom stereocenters. The van der Waals surface area contributed by atoms with E-state index in [1.165, 1.54) is 16.8 Å². The van der Waals surface area contributed by atoms with Crippen LogP contribution in [0.15, 0.2) is 48.5 Å². The molecule has 0 unspecified atom stereocenters. The van der Waals surface area contributed by atoms with Crippen LogP contribution < -0.4 is 10.2 Å². The van der Waals surface area contributed by atoms with E-state index in [-0.39, 0.29) is 12.1 Å². The van der Waals surface area contributed by atoms with Crippen molar-refractivity contribution < 1.29 is 4.79 Å². The smallest absolute Gasteiger partial charge is 0.317 e. The van der Waals surface area contributed by atoms with Gasteiger partial charge < -0.3 is 15.1 Å². The quantitative estimate of drug-likeness (QED) is 0.798. The Labute approximate surface area is 184 Å². The van der Waals surface area contributed by atoms with Crippen LogP contribution in [0, 0.1) is 6.92 Å². The summed E-state index contributed by atoms with van der Waals surface area (Å²) in [7, 11) is 0. The largest absolute Gasteiger partial charge is 0.368 e. The van der Waals surface area contributed by atoms with E-state index in [2.05, 4.69) is 58.4 Å². The van der Waals surface area contributed by atoms with E-state index in [0.29, 0.717) is 0 Å². The molecule has 0 aromatic heterocycles. The summed E-state index contributed by atoms with van der Waals surface area (Å²) in [5, 5.41) is 4.03. The molecule has 2 aromatic rings. The Bertz CT molecular complexity index is 844. The zero-order valence-corrected chi connectivity index (χ0v) is 18.4. The summed E-state index contributed by atoms with van der Waals surface area (Å²) in [4.78, 5) is 19.5. The van der Waals surface area contributed by atoms with Crippen molar-refractivity contribution in [3.8, 4) is 0 Å². The first-order valence-electron chi connectivity index (χ1n) is 10.9. The zero-order chi connectivity index (χ0) is 20.9. The van der Waals surface area contributed by atoms with Gasteiger partial charge >= 0.3 is 6.03 Å². The number of piperidine rings is 1. The minimum Gasteiger partial charge on any atom is -0.368 e. The lowest BCUT2D eigenvalue weighted by Crippen LogP contribution is -2.55. The maximum Gasteiger partial charge on any atom is 0.317 e. The van der Waals surface area contributed by atoms with Gasteiger partial charge in [0.25, 0.3) is 0 Å². The monoisotopic (exact) mass is 426 g/mol. The number of nitrogens with one attached hydrogen (secondary N) is 1. The Morgan fingerprint density at radius 2 is 1.70 bits per heavy atom. The Hall–Kier alpha value is -2.24. The highest BCUT2D eigenvalue weighted by molar-refractivity contribution is 6.30. The van der Waals surface area contributed by atoms with Gasteiger partial charge in [0.05, 0.1) is 0 Å². The first-order chi connectivity index (χ1) is 14.6. The number of hydrogen-bond acceptors (Lipinski definition) is 3. The molecule has 2 aliphatic heterocycles. The standard InChI is InChI=1S/C24H31ClN4O/c1-19-7-8-21(25)17-23(19)28-13-15-29(16-14-28)24(30)26-22-9-11-27(12-10-22)18-20-5-3-2-4-6-20/h2-8,17,22H,9-16,18H2,1H3,(H,26,30). The van der Waals surface area contributed by atoms with Crippen molar-refractivity contribution in [3.05, 3.63) is 64.7 Å². The predicted octanol–water partition coefficient (Wildman–Crippen LogP) is 4.14. The van der Waals surface area contributed by atoms with Crippen LogP contribution in [0.2, 0.25) is 5.02 Å². The second-order valence-electron chi connectivity index (χ2n) is 8.39. The molecule has 0 radical (unpaired) electrons. The lowest BCUT2D eigenvalue weighted by atomic mass is 10.0. The summed E-state index contributed by atoms with van der Waals surface area (Å²) in [6.45, 7) is 8.31. The van der Waals surface area contributed by atoms with E-state index < -0.39 is 0 Å². The first-order valence-corrected chi connectivity index (χ1v) is 11.3. The highest BCUT2D eigenvalue weighted by atomic mass is 35.5. The summed E-state index contributed by atoms with van der Waals surface area (Å²) in [6.07, 6.45) is 2.03. The van der Waals surface area contributed by atoms with Crippen LogP contribution in [0.1, 0.15) is 24.0 Å². The molecule has 2 aliphatic rings. The van der Waals surface area contributed by atoms with E-state index in [1.807, 2.05) is 17.0 Å². The average molecular weight is 427 g/mol. The molecule has 160 valence electrons. The van der Waals surface area contributed by atoms with Crippen molar-refractivity contribution in [1.29, 1.82) is 0 Å². The molecule has 0 bridgehead atoms. The van der Waals surface area contributed by atoms with E-state index in [9.17, 15) is 4.79 Å². The van der Waals surface area contributed by atoms with E-state index in [4.69, 9.17) is 11.6 Å². The molecule has 2 fully saturated rings. The molecular weight excluding hydrogens is 396 g/mol. The fourth-order valence-electron chi connectivity index (χ4n) is 4.42. The van der Waals surface area contributed by atoms with Crippen molar-refractivity contribution in [2.24, 2.45) is 0 Å². The van der Waals surface area contributed by atoms with Crippen LogP contribution >= 0.6 is 11.6 Å². The van der Waals surface area contributed by atoms with Crippen LogP contribution in [0.4, 0.5) is 10.5 Å². The number of amides is 2. The van der Waals surface area contributed by atoms with Crippen LogP contribution in [0.5, 0.6) is 0 Å². The molecule has 2 saturated heterocycles. The topological polar surface area (TPSA) is 38.8 Å². The molecule has 1 N–H and O–H groups in total. The summed E-state index contributed by atoms with van der Waals surface area (Å²) >= 11 is 6.17. The van der Waals surface area contributed by atoms with E-state index >= 15 is 0 Å². The third-order valence-electron chi connectivity index (χ3n) is 6.24. The highest BCUT2D eigenvalue weighted by Crippen LogP contribution is 2.25. The number of benzene rings is 2. The average Bonchev–Trinajstić information content (AvgIpc) is 2.77. The van der Waals surface area contributed by atoms with Gasteiger partial charge in [0.2, 0.25) is 0 Å². The Kier molecular flexibility index (Phi) is 6.80. The van der Waals surface area contributed by atoms with Gasteiger partial charge in [-0.05, 0) is 43.0 Å². The molecule has 30 heavy (non-hydrogen) atoms. The molecule has 2 amide bonds. The van der Waals surface area contributed by atoms with Gasteiger partial charge in [-0.2, -0.15) is 0 Å². The van der Waals surface area contributed by atoms with Crippen LogP contribution in [-0.4, -0.2) is 61.1 Å². The van der Waals surface area contributed by atoms with Crippen molar-refractivity contribution in [1.82, 2.24) is 15.1 Å². The number of carbonyl (C=O) groups excluding carboxylic acids is 1. The minimum absolute atomic E-state index is 0.0824. The van der Waals surface area contributed by atoms with Gasteiger partial charge in [-0.1, -0.05) is 48.0 Å². The second-order valence-corrected chi connectivity index (χ2v) is 8.83. The zero-order valence-electron chi connectivity index (χ0n) is 17.7. The Morgan fingerprint density at radius 1 is 1.00 bits per heavy atom. The predicted molar refractivity (Wildman–Crippen MR) is 123 cm³/mol. The normalized spacial score (nSPS) is 18.5. The van der Waals surface area contributed by atoms with E-state index in [1.54, 1.807) is 0 Å². The molecule has 4 rings (SSSR count). The summed E-state index contributed by atoms with van der Waals surface area (Å²) in [6, 6.07) is 17.0. The molecule has 6 heteroatoms. The third kappa shape index (κ3) is 5.27. The fraction of sp³-hybridized carbons (Fsp3) is 0.458. The van der Waals surface area contributed by atoms with Crippen LogP contribution in [0.3, 0.4) is 0 Å². The molecule has 2 aromatic carbocycles. The van der Waals surface area contributed by atoms with Gasteiger partial charge in [0.15, 0.2) is 0 Å². The van der Waals surface area contributed by atoms with Crippen molar-refractivity contribution in [3.63, 3.8) is 0 Å². The van der Waals surface area contributed by atoms with Gasteiger partial charge in [-0.15, -0.1) is 0 Å². The number of hydrogen-bond donors (Lipinski definition) is 1. The second kappa shape index (κ2) is 9.71. The number of nitrogens with zero attached hydrogens (tertiary/aromatic N) is 3. The maximum atomic E-state index is 12.8. The molecule has 5 nitrogen and oxygen atoms in total. The summed E-state index contributed by atoms with van der Waals surface area (Å²) in [5.41, 5.74) is 3.75. The highest BCUT2D eigenvalue weighted by Gasteiger charge is 2.26. The van der Waals surface area contributed by atoms with Gasteiger partial charge in [-0.25, -0.2) is 4.79 Å². The maximum absolute atomic E-state index is 12.8. The molecule has 0 spiro atoms. The number of likely N-dealkylation sites (tertiary alicyclic amines) is 1. The lowest BCUT2D eigenvalue weighted by Gasteiger charge is -2.38. The SMILES string of the molecule is Cc1ccc(Cl)cc1N1CCN(C(=O)NC2CCN(Cc3ccccc3)CC2)CC1. The summed E-state index contributed by atoms with van der Waals surface area (Å²) < 4.78 is 0. The van der Waals surface area contributed by atoms with Crippen molar-refractivity contribution >= 4 is 23.3 Å². The molecule has 0 aliphatic carbocycles. The Morgan fingerprint density at radius 3 is 2.40 bits per heavy atom. The Balaban J connectivity index is 1.21. The van der Waals surface area contributed by atoms with Crippen LogP contribution in [-0.2, 0) is 6.54 Å². The minimum atomic E-state index is 0.0824. The number of halogens is 1. The first kappa shape index (κ1) is 21.0. The number of carbonyl (C=O) groups is 1. The number of anilines is 1. The van der Waals surface area contributed by atoms with Crippen molar-refractivity contribution in [2.45, 2.75) is 32.4 Å². The van der Waals surface area contributed by atoms with Gasteiger partial charge in [0.1, 0.15) is 0 Å². The number of aryl methyl sites for hydroxylation is 1. The lowest BCUT2D eigenvalue weighted by molar-refractivity contribution is 0.167. The summed E-state index contributed by atoms with van der Waals surface area (Å²) in [5.74, 6) is 0. The van der Waals surface area contributed by atoms with E-state index in [0.717, 1.165) is 63.7 Å². The number of piperazine rings is 1. The molecule has 2 heterocycles.